The Morgan fingerprint density at radius 3 is 2.37 bits per heavy atom. The first kappa shape index (κ1) is 15.9. The Bertz CT molecular complexity index is 509. The first-order chi connectivity index (χ1) is 8.97. The summed E-state index contributed by atoms with van der Waals surface area (Å²) in [4.78, 5) is 17.4. The van der Waals surface area contributed by atoms with E-state index in [1.807, 2.05) is 27.7 Å². The van der Waals surface area contributed by atoms with Crippen molar-refractivity contribution in [2.45, 2.75) is 59.4 Å². The first-order valence-corrected chi connectivity index (χ1v) is 7.02. The lowest BCUT2D eigenvalue weighted by molar-refractivity contribution is 0.0462. The highest BCUT2D eigenvalue weighted by Gasteiger charge is 2.13. The number of ether oxygens (including phenoxy) is 2. The highest BCUT2D eigenvalue weighted by Crippen LogP contribution is 2.15. The van der Waals surface area contributed by atoms with Gasteiger partial charge in [-0.25, -0.2) is 0 Å². The van der Waals surface area contributed by atoms with E-state index in [4.69, 9.17) is 21.7 Å². The van der Waals surface area contributed by atoms with Crippen LogP contribution in [0.2, 0.25) is 0 Å². The van der Waals surface area contributed by atoms with Crippen molar-refractivity contribution >= 4 is 12.2 Å². The highest BCUT2D eigenvalue weighted by atomic mass is 32.1. The third-order valence-corrected chi connectivity index (χ3v) is 3.16. The molecule has 108 valence electrons. The molecule has 0 aromatic carbocycles. The summed E-state index contributed by atoms with van der Waals surface area (Å²) in [6.45, 7) is 8.23. The average Bonchev–Trinajstić information content (AvgIpc) is 2.38. The van der Waals surface area contributed by atoms with E-state index in [1.165, 1.54) is 0 Å². The summed E-state index contributed by atoms with van der Waals surface area (Å²) < 4.78 is 11.6. The number of hydrogen-bond donors (Lipinski definition) is 2. The van der Waals surface area contributed by atoms with E-state index in [0.29, 0.717) is 5.69 Å². The van der Waals surface area contributed by atoms with Crippen molar-refractivity contribution in [2.75, 3.05) is 0 Å². The minimum atomic E-state index is -0.313. The lowest BCUT2D eigenvalue weighted by atomic mass is 10.3. The summed E-state index contributed by atoms with van der Waals surface area (Å²) in [5.41, 5.74) is 0.279. The molecule has 0 fully saturated rings. The quantitative estimate of drug-likeness (QED) is 0.756. The molecule has 19 heavy (non-hydrogen) atoms. The normalized spacial score (nSPS) is 14.1. The number of rotatable bonds is 7. The number of aromatic amines is 2. The molecule has 1 aromatic heterocycles. The smallest absolute Gasteiger partial charge is 0.294 e. The zero-order valence-electron chi connectivity index (χ0n) is 11.9. The molecule has 0 saturated carbocycles. The van der Waals surface area contributed by atoms with Crippen LogP contribution in [0.4, 0.5) is 0 Å². The molecular weight excluding hydrogens is 264 g/mol. The maximum atomic E-state index is 11.9. The predicted octanol–water partition coefficient (Wildman–Crippen LogP) is 2.92. The van der Waals surface area contributed by atoms with Gasteiger partial charge < -0.3 is 14.5 Å². The Labute approximate surface area is 118 Å². The minimum Gasteiger partial charge on any atom is -0.483 e. The molecular formula is C13H22N2O3S. The molecule has 5 nitrogen and oxygen atoms in total. The fraction of sp³-hybridized carbons (Fsp3) is 0.692. The minimum absolute atomic E-state index is 0.0344. The summed E-state index contributed by atoms with van der Waals surface area (Å²) in [6.07, 6.45) is 1.82. The molecule has 1 heterocycles. The van der Waals surface area contributed by atoms with E-state index in [9.17, 15) is 4.79 Å². The van der Waals surface area contributed by atoms with E-state index in [0.717, 1.165) is 12.8 Å². The Morgan fingerprint density at radius 2 is 1.79 bits per heavy atom. The summed E-state index contributed by atoms with van der Waals surface area (Å²) in [6, 6.07) is 0. The zero-order chi connectivity index (χ0) is 14.4. The number of nitrogens with one attached hydrogen (secondary N) is 2. The number of hydrogen-bond acceptors (Lipinski definition) is 4. The van der Waals surface area contributed by atoms with Gasteiger partial charge in [-0.1, -0.05) is 13.8 Å². The molecule has 0 aliphatic heterocycles. The van der Waals surface area contributed by atoms with Gasteiger partial charge in [-0.2, -0.15) is 0 Å². The van der Waals surface area contributed by atoms with Crippen LogP contribution in [0.5, 0.6) is 5.75 Å². The summed E-state index contributed by atoms with van der Waals surface area (Å²) >= 11 is 4.97. The first-order valence-electron chi connectivity index (χ1n) is 6.61. The van der Waals surface area contributed by atoms with Gasteiger partial charge >= 0.3 is 0 Å². The summed E-state index contributed by atoms with van der Waals surface area (Å²) in [5.74, 6) is 0.270. The molecule has 0 aliphatic rings. The largest absolute Gasteiger partial charge is 0.483 e. The molecule has 1 rings (SSSR count). The predicted molar refractivity (Wildman–Crippen MR) is 77.2 cm³/mol. The van der Waals surface area contributed by atoms with Gasteiger partial charge in [0, 0.05) is 0 Å². The van der Waals surface area contributed by atoms with Gasteiger partial charge in [-0.3, -0.25) is 9.78 Å². The highest BCUT2D eigenvalue weighted by molar-refractivity contribution is 7.71. The molecule has 1 aromatic rings. The Morgan fingerprint density at radius 1 is 1.16 bits per heavy atom. The van der Waals surface area contributed by atoms with Gasteiger partial charge in [0.2, 0.25) is 5.75 Å². The van der Waals surface area contributed by atoms with Crippen LogP contribution in [-0.2, 0) is 11.3 Å². The second kappa shape index (κ2) is 7.45. The van der Waals surface area contributed by atoms with Crippen LogP contribution in [0.3, 0.4) is 0 Å². The van der Waals surface area contributed by atoms with Gasteiger partial charge in [0.1, 0.15) is 0 Å². The van der Waals surface area contributed by atoms with Crippen LogP contribution in [0.15, 0.2) is 4.79 Å². The Kier molecular flexibility index (Phi) is 6.24. The van der Waals surface area contributed by atoms with Crippen LogP contribution >= 0.6 is 12.2 Å². The second-order valence-electron chi connectivity index (χ2n) is 4.58. The molecule has 2 atom stereocenters. The van der Waals surface area contributed by atoms with Gasteiger partial charge in [-0.05, 0) is 38.9 Å². The summed E-state index contributed by atoms with van der Waals surface area (Å²) in [7, 11) is 0. The Hall–Kier alpha value is -1.14. The van der Waals surface area contributed by atoms with Crippen LogP contribution in [0.25, 0.3) is 0 Å². The van der Waals surface area contributed by atoms with Crippen molar-refractivity contribution < 1.29 is 9.47 Å². The van der Waals surface area contributed by atoms with Gasteiger partial charge in [0.05, 0.1) is 24.5 Å². The standard InChI is InChI=1S/C13H22N2O3S/c1-5-8(3)17-7-10-11(18-9(4)6-2)12(16)15-13(19)14-10/h8-9H,5-7H2,1-4H3,(H2,14,15,16,19). The van der Waals surface area contributed by atoms with Crippen LogP contribution < -0.4 is 10.3 Å². The van der Waals surface area contributed by atoms with Gasteiger partial charge in [0.15, 0.2) is 4.77 Å². The fourth-order valence-corrected chi connectivity index (χ4v) is 1.59. The number of H-pyrrole nitrogens is 2. The lowest BCUT2D eigenvalue weighted by Gasteiger charge is -2.16. The topological polar surface area (TPSA) is 67.1 Å². The molecule has 0 bridgehead atoms. The molecule has 0 aliphatic carbocycles. The fourth-order valence-electron chi connectivity index (χ4n) is 1.38. The lowest BCUT2D eigenvalue weighted by Crippen LogP contribution is -2.22. The van der Waals surface area contributed by atoms with Crippen molar-refractivity contribution in [3.8, 4) is 5.75 Å². The molecule has 0 amide bonds. The van der Waals surface area contributed by atoms with E-state index in [1.54, 1.807) is 0 Å². The van der Waals surface area contributed by atoms with Crippen molar-refractivity contribution in [2.24, 2.45) is 0 Å². The van der Waals surface area contributed by atoms with E-state index < -0.39 is 0 Å². The van der Waals surface area contributed by atoms with Crippen LogP contribution in [0.1, 0.15) is 46.2 Å². The number of aromatic nitrogens is 2. The SMILES string of the molecule is CCC(C)OCc1[nH]c(=S)[nH]c(=O)c1OC(C)CC. The molecule has 0 spiro atoms. The zero-order valence-corrected chi connectivity index (χ0v) is 12.7. The molecule has 2 unspecified atom stereocenters. The van der Waals surface area contributed by atoms with Gasteiger partial charge in [0.25, 0.3) is 5.56 Å². The summed E-state index contributed by atoms with van der Waals surface area (Å²) in [5, 5.41) is 0. The van der Waals surface area contributed by atoms with Crippen molar-refractivity contribution in [1.82, 2.24) is 9.97 Å². The maximum Gasteiger partial charge on any atom is 0.294 e. The second-order valence-corrected chi connectivity index (χ2v) is 4.99. The monoisotopic (exact) mass is 286 g/mol. The molecule has 0 saturated heterocycles. The van der Waals surface area contributed by atoms with Crippen molar-refractivity contribution in [1.29, 1.82) is 0 Å². The van der Waals surface area contributed by atoms with Crippen molar-refractivity contribution in [3.05, 3.63) is 20.8 Å². The van der Waals surface area contributed by atoms with Gasteiger partial charge in [-0.15, -0.1) is 0 Å². The molecule has 0 radical (unpaired) electrons. The van der Waals surface area contributed by atoms with Crippen LogP contribution in [-0.4, -0.2) is 22.2 Å². The third-order valence-electron chi connectivity index (χ3n) is 2.95. The Balaban J connectivity index is 2.99. The maximum absolute atomic E-state index is 11.9. The molecule has 6 heteroatoms. The van der Waals surface area contributed by atoms with Crippen molar-refractivity contribution in [3.63, 3.8) is 0 Å². The third kappa shape index (κ3) is 4.80. The van der Waals surface area contributed by atoms with E-state index in [-0.39, 0.29) is 34.9 Å². The van der Waals surface area contributed by atoms with E-state index in [2.05, 4.69) is 9.97 Å². The average molecular weight is 286 g/mol. The van der Waals surface area contributed by atoms with Crippen LogP contribution in [0, 0.1) is 4.77 Å². The molecule has 2 N–H and O–H groups in total. The van der Waals surface area contributed by atoms with E-state index >= 15 is 0 Å².